The number of benzene rings is 2. The first kappa shape index (κ1) is 17.0. The van der Waals surface area contributed by atoms with E-state index in [1.165, 1.54) is 37.0 Å². The number of hydrogen-bond donors (Lipinski definition) is 0. The van der Waals surface area contributed by atoms with E-state index in [9.17, 15) is 8.78 Å². The standard InChI is InChI=1S/C20H20F2O/c1-2-3-4-6-17-7-5-8-18(15-17)10-9-16-11-13-19(14-12-16)23-20(21)22/h5,7-8,11-15,20H,2-4,6H2,1H3. The Morgan fingerprint density at radius 3 is 2.39 bits per heavy atom. The van der Waals surface area contributed by atoms with Gasteiger partial charge in [0.1, 0.15) is 5.75 Å². The Bertz CT molecular complexity index is 666. The minimum Gasteiger partial charge on any atom is -0.435 e. The highest BCUT2D eigenvalue weighted by molar-refractivity contribution is 5.45. The van der Waals surface area contributed by atoms with Gasteiger partial charge in [-0.25, -0.2) is 0 Å². The van der Waals surface area contributed by atoms with Crippen molar-refractivity contribution in [2.75, 3.05) is 0 Å². The van der Waals surface area contributed by atoms with Gasteiger partial charge in [0.25, 0.3) is 0 Å². The summed E-state index contributed by atoms with van der Waals surface area (Å²) in [4.78, 5) is 0. The molecule has 0 radical (unpaired) electrons. The Morgan fingerprint density at radius 2 is 1.70 bits per heavy atom. The van der Waals surface area contributed by atoms with Crippen LogP contribution in [0.3, 0.4) is 0 Å². The predicted octanol–water partition coefficient (Wildman–Crippen LogP) is 5.42. The van der Waals surface area contributed by atoms with Gasteiger partial charge in [0, 0.05) is 11.1 Å². The van der Waals surface area contributed by atoms with E-state index in [4.69, 9.17) is 0 Å². The van der Waals surface area contributed by atoms with Crippen molar-refractivity contribution in [1.82, 2.24) is 0 Å². The summed E-state index contributed by atoms with van der Waals surface area (Å²) in [5.74, 6) is 6.30. The first-order valence-electron chi connectivity index (χ1n) is 7.83. The average Bonchev–Trinajstić information content (AvgIpc) is 2.54. The summed E-state index contributed by atoms with van der Waals surface area (Å²) < 4.78 is 28.5. The fourth-order valence-corrected chi connectivity index (χ4v) is 2.25. The largest absolute Gasteiger partial charge is 0.435 e. The molecule has 0 unspecified atom stereocenters. The maximum absolute atomic E-state index is 12.1. The van der Waals surface area contributed by atoms with Crippen LogP contribution in [0.1, 0.15) is 42.9 Å². The Hall–Kier alpha value is -2.34. The van der Waals surface area contributed by atoms with Crippen LogP contribution in [0.25, 0.3) is 0 Å². The lowest BCUT2D eigenvalue weighted by Crippen LogP contribution is -2.01. The SMILES string of the molecule is CCCCCc1cccc(C#Cc2ccc(OC(F)F)cc2)c1. The quantitative estimate of drug-likeness (QED) is 0.511. The molecule has 0 aromatic heterocycles. The lowest BCUT2D eigenvalue weighted by atomic mass is 10.0. The predicted molar refractivity (Wildman–Crippen MR) is 88.7 cm³/mol. The van der Waals surface area contributed by atoms with E-state index in [1.54, 1.807) is 12.1 Å². The molecule has 0 amide bonds. The number of halogens is 2. The molecule has 120 valence electrons. The first-order chi connectivity index (χ1) is 11.2. The minimum atomic E-state index is -2.80. The topological polar surface area (TPSA) is 9.23 Å². The monoisotopic (exact) mass is 314 g/mol. The molecular formula is C20H20F2O. The van der Waals surface area contributed by atoms with Gasteiger partial charge in [-0.05, 0) is 54.8 Å². The van der Waals surface area contributed by atoms with Crippen LogP contribution in [-0.4, -0.2) is 6.61 Å². The molecule has 0 aliphatic rings. The summed E-state index contributed by atoms with van der Waals surface area (Å²) in [7, 11) is 0. The average molecular weight is 314 g/mol. The van der Waals surface area contributed by atoms with Gasteiger partial charge in [0.05, 0.1) is 0 Å². The second-order valence-electron chi connectivity index (χ2n) is 5.31. The number of alkyl halides is 2. The van der Waals surface area contributed by atoms with E-state index in [-0.39, 0.29) is 5.75 Å². The zero-order valence-electron chi connectivity index (χ0n) is 13.2. The Kier molecular flexibility index (Phi) is 6.62. The third kappa shape index (κ3) is 6.12. The molecule has 0 bridgehead atoms. The molecule has 1 nitrogen and oxygen atoms in total. The number of rotatable bonds is 6. The van der Waals surface area contributed by atoms with Crippen LogP contribution in [0.4, 0.5) is 8.78 Å². The van der Waals surface area contributed by atoms with Crippen LogP contribution >= 0.6 is 0 Å². The van der Waals surface area contributed by atoms with Gasteiger partial charge < -0.3 is 4.74 Å². The van der Waals surface area contributed by atoms with Gasteiger partial charge in [0.15, 0.2) is 0 Å². The fourth-order valence-electron chi connectivity index (χ4n) is 2.25. The fraction of sp³-hybridized carbons (Fsp3) is 0.300. The third-order valence-corrected chi connectivity index (χ3v) is 3.43. The molecule has 23 heavy (non-hydrogen) atoms. The molecule has 0 atom stereocenters. The molecule has 0 saturated carbocycles. The highest BCUT2D eigenvalue weighted by Gasteiger charge is 2.02. The summed E-state index contributed by atoms with van der Waals surface area (Å²) in [6.45, 7) is -0.609. The highest BCUT2D eigenvalue weighted by atomic mass is 19.3. The lowest BCUT2D eigenvalue weighted by molar-refractivity contribution is -0.0498. The third-order valence-electron chi connectivity index (χ3n) is 3.43. The zero-order chi connectivity index (χ0) is 16.5. The van der Waals surface area contributed by atoms with Crippen molar-refractivity contribution in [3.05, 3.63) is 65.2 Å². The molecule has 2 aromatic carbocycles. The number of aryl methyl sites for hydroxylation is 1. The smallest absolute Gasteiger partial charge is 0.387 e. The Balaban J connectivity index is 2.02. The van der Waals surface area contributed by atoms with Crippen molar-refractivity contribution in [2.45, 2.75) is 39.2 Å². The maximum Gasteiger partial charge on any atom is 0.387 e. The second-order valence-corrected chi connectivity index (χ2v) is 5.31. The summed E-state index contributed by atoms with van der Waals surface area (Å²) in [6, 6.07) is 14.6. The number of unbranched alkanes of at least 4 members (excludes halogenated alkanes) is 2. The summed E-state index contributed by atoms with van der Waals surface area (Å²) in [5.41, 5.74) is 3.03. The van der Waals surface area contributed by atoms with Crippen molar-refractivity contribution in [1.29, 1.82) is 0 Å². The van der Waals surface area contributed by atoms with Crippen molar-refractivity contribution in [2.24, 2.45) is 0 Å². The van der Waals surface area contributed by atoms with Gasteiger partial charge in [0.2, 0.25) is 0 Å². The number of hydrogen-bond acceptors (Lipinski definition) is 1. The van der Waals surface area contributed by atoms with Crippen molar-refractivity contribution in [3.63, 3.8) is 0 Å². The van der Waals surface area contributed by atoms with Gasteiger partial charge in [-0.15, -0.1) is 0 Å². The van der Waals surface area contributed by atoms with E-state index in [0.717, 1.165) is 17.5 Å². The van der Waals surface area contributed by atoms with E-state index < -0.39 is 6.61 Å². The van der Waals surface area contributed by atoms with Crippen LogP contribution in [0.5, 0.6) is 5.75 Å². The summed E-state index contributed by atoms with van der Waals surface area (Å²) in [6.07, 6.45) is 4.72. The Labute approximate surface area is 136 Å². The van der Waals surface area contributed by atoms with Gasteiger partial charge in [-0.1, -0.05) is 43.7 Å². The summed E-state index contributed by atoms with van der Waals surface area (Å²) >= 11 is 0. The Morgan fingerprint density at radius 1 is 0.957 bits per heavy atom. The van der Waals surface area contributed by atoms with E-state index in [2.05, 4.69) is 35.6 Å². The highest BCUT2D eigenvalue weighted by Crippen LogP contribution is 2.14. The van der Waals surface area contributed by atoms with Gasteiger partial charge in [-0.3, -0.25) is 0 Å². The normalized spacial score (nSPS) is 10.3. The van der Waals surface area contributed by atoms with E-state index in [1.807, 2.05) is 12.1 Å². The molecule has 0 saturated heterocycles. The molecule has 0 spiro atoms. The van der Waals surface area contributed by atoms with Gasteiger partial charge in [-0.2, -0.15) is 8.78 Å². The van der Waals surface area contributed by atoms with Crippen molar-refractivity contribution in [3.8, 4) is 17.6 Å². The molecule has 2 aromatic rings. The molecule has 3 heteroatoms. The van der Waals surface area contributed by atoms with Crippen LogP contribution in [-0.2, 0) is 6.42 Å². The molecule has 0 fully saturated rings. The molecule has 0 aliphatic heterocycles. The molecule has 0 aliphatic carbocycles. The van der Waals surface area contributed by atoms with E-state index in [0.29, 0.717) is 0 Å². The number of ether oxygens (including phenoxy) is 1. The second kappa shape index (κ2) is 8.95. The van der Waals surface area contributed by atoms with Crippen LogP contribution < -0.4 is 4.74 Å². The molecule has 2 rings (SSSR count). The van der Waals surface area contributed by atoms with Gasteiger partial charge >= 0.3 is 6.61 Å². The lowest BCUT2D eigenvalue weighted by Gasteiger charge is -2.03. The molecular weight excluding hydrogens is 294 g/mol. The van der Waals surface area contributed by atoms with Crippen LogP contribution in [0, 0.1) is 11.8 Å². The maximum atomic E-state index is 12.1. The minimum absolute atomic E-state index is 0.142. The van der Waals surface area contributed by atoms with Crippen molar-refractivity contribution < 1.29 is 13.5 Å². The first-order valence-corrected chi connectivity index (χ1v) is 7.83. The summed E-state index contributed by atoms with van der Waals surface area (Å²) in [5, 5.41) is 0. The van der Waals surface area contributed by atoms with Crippen molar-refractivity contribution >= 4 is 0 Å². The molecule has 0 heterocycles. The van der Waals surface area contributed by atoms with E-state index >= 15 is 0 Å². The van der Waals surface area contributed by atoms with Crippen LogP contribution in [0.2, 0.25) is 0 Å². The van der Waals surface area contributed by atoms with Crippen LogP contribution in [0.15, 0.2) is 48.5 Å². The zero-order valence-corrected chi connectivity index (χ0v) is 13.2. The molecule has 0 N–H and O–H groups in total.